The second-order valence-electron chi connectivity index (χ2n) is 11.9. The molecule has 0 aromatic heterocycles. The molecule has 5 aromatic carbocycles. The first kappa shape index (κ1) is 32.8. The van der Waals surface area contributed by atoms with E-state index in [0.717, 1.165) is 46.5 Å². The third kappa shape index (κ3) is 8.42. The number of nitrogens with one attached hydrogen (secondary N) is 1. The number of benzene rings is 5. The molecule has 0 radical (unpaired) electrons. The Labute approximate surface area is 277 Å². The highest BCUT2D eigenvalue weighted by Gasteiger charge is 2.33. The number of sulfonamides is 1. The highest BCUT2D eigenvalue weighted by Crippen LogP contribution is 2.39. The fourth-order valence-electron chi connectivity index (χ4n) is 5.97. The Morgan fingerprint density at radius 2 is 1.38 bits per heavy atom. The van der Waals surface area contributed by atoms with Crippen LogP contribution in [0.2, 0.25) is 0 Å². The van der Waals surface area contributed by atoms with Crippen molar-refractivity contribution in [2.45, 2.75) is 49.5 Å². The van der Waals surface area contributed by atoms with Gasteiger partial charge in [-0.3, -0.25) is 4.90 Å². The monoisotopic (exact) mass is 648 g/mol. The Morgan fingerprint density at radius 1 is 0.745 bits per heavy atom. The molecule has 47 heavy (non-hydrogen) atoms. The molecule has 0 bridgehead atoms. The van der Waals surface area contributed by atoms with Gasteiger partial charge in [0.25, 0.3) is 0 Å². The average molecular weight is 649 g/mol. The lowest BCUT2D eigenvalue weighted by Gasteiger charge is -2.38. The van der Waals surface area contributed by atoms with Gasteiger partial charge in [0.15, 0.2) is 6.29 Å². The highest BCUT2D eigenvalue weighted by molar-refractivity contribution is 7.89. The summed E-state index contributed by atoms with van der Waals surface area (Å²) in [4.78, 5) is 2.52. The van der Waals surface area contributed by atoms with Crippen molar-refractivity contribution >= 4 is 10.0 Å². The first-order valence-electron chi connectivity index (χ1n) is 15.8. The molecule has 0 unspecified atom stereocenters. The second kappa shape index (κ2) is 15.2. The molecule has 242 valence electrons. The highest BCUT2D eigenvalue weighted by atomic mass is 32.2. The lowest BCUT2D eigenvalue weighted by Crippen LogP contribution is -2.37. The zero-order chi connectivity index (χ0) is 32.6. The van der Waals surface area contributed by atoms with Crippen LogP contribution >= 0.6 is 0 Å². The minimum Gasteiger partial charge on any atom is -0.392 e. The fraction of sp³-hybridized carbons (Fsp3) is 0.231. The van der Waals surface area contributed by atoms with E-state index in [2.05, 4.69) is 40.9 Å². The summed E-state index contributed by atoms with van der Waals surface area (Å²) in [5, 5.41) is 9.54. The molecule has 6 rings (SSSR count). The van der Waals surface area contributed by atoms with E-state index in [9.17, 15) is 13.5 Å². The summed E-state index contributed by atoms with van der Waals surface area (Å²) in [7, 11) is -1.53. The Balaban J connectivity index is 1.19. The van der Waals surface area contributed by atoms with Gasteiger partial charge >= 0.3 is 0 Å². The number of nitrogens with zero attached hydrogens (tertiary/aromatic N) is 1. The Kier molecular flexibility index (Phi) is 10.6. The number of likely N-dealkylation sites (N-methyl/N-ethyl adjacent to an activating group) is 1. The van der Waals surface area contributed by atoms with Crippen molar-refractivity contribution in [1.82, 2.24) is 9.62 Å². The lowest BCUT2D eigenvalue weighted by molar-refractivity contribution is -0.252. The summed E-state index contributed by atoms with van der Waals surface area (Å²) >= 11 is 0. The van der Waals surface area contributed by atoms with Gasteiger partial charge in [0.05, 0.1) is 23.7 Å². The topological polar surface area (TPSA) is 88.1 Å². The summed E-state index contributed by atoms with van der Waals surface area (Å²) < 4.78 is 41.6. The zero-order valence-corrected chi connectivity index (χ0v) is 27.2. The molecule has 1 aliphatic heterocycles. The van der Waals surface area contributed by atoms with Crippen LogP contribution in [0, 0.1) is 0 Å². The summed E-state index contributed by atoms with van der Waals surface area (Å²) in [6, 6.07) is 42.6. The van der Waals surface area contributed by atoms with Gasteiger partial charge in [-0.25, -0.2) is 13.1 Å². The standard InChI is InChI=1S/C39H40N2O5S/c1-41(26-29-10-4-2-5-11-29)27-35-24-38(32-18-16-30(28-42)17-19-32)46-39(45-35)33-22-20-31(21-23-33)37-15-9-8-12-34(37)25-40-47(43,44)36-13-6-3-7-14-36/h2-23,35,38-40,42H,24-28H2,1H3/t35-,38+,39+/m0/s1. The number of aliphatic hydroxyl groups excluding tert-OH is 1. The summed E-state index contributed by atoms with van der Waals surface area (Å²) in [5.74, 6) is 0. The second-order valence-corrected chi connectivity index (χ2v) is 13.7. The van der Waals surface area contributed by atoms with Crippen LogP contribution in [0.5, 0.6) is 0 Å². The minimum absolute atomic E-state index is 0.00117. The first-order chi connectivity index (χ1) is 22.9. The number of hydrogen-bond donors (Lipinski definition) is 2. The van der Waals surface area contributed by atoms with Crippen LogP contribution in [0.15, 0.2) is 138 Å². The van der Waals surface area contributed by atoms with E-state index in [4.69, 9.17) is 9.47 Å². The predicted octanol–water partition coefficient (Wildman–Crippen LogP) is 7.00. The average Bonchev–Trinajstić information content (AvgIpc) is 3.11. The molecule has 3 atom stereocenters. The van der Waals surface area contributed by atoms with Crippen LogP contribution < -0.4 is 4.72 Å². The third-order valence-corrected chi connectivity index (χ3v) is 9.86. The summed E-state index contributed by atoms with van der Waals surface area (Å²) in [6.45, 7) is 1.72. The normalized spacial score (nSPS) is 18.3. The molecule has 2 N–H and O–H groups in total. The molecule has 0 spiro atoms. The van der Waals surface area contributed by atoms with Gasteiger partial charge in [-0.1, -0.05) is 121 Å². The largest absolute Gasteiger partial charge is 0.392 e. The fourth-order valence-corrected chi connectivity index (χ4v) is 7.00. The van der Waals surface area contributed by atoms with Crippen LogP contribution in [-0.2, 0) is 39.2 Å². The van der Waals surface area contributed by atoms with E-state index in [1.54, 1.807) is 30.3 Å². The van der Waals surface area contributed by atoms with Gasteiger partial charge in [-0.2, -0.15) is 0 Å². The van der Waals surface area contributed by atoms with E-state index in [0.29, 0.717) is 6.42 Å². The van der Waals surface area contributed by atoms with Crippen LogP contribution in [0.1, 0.15) is 46.6 Å². The van der Waals surface area contributed by atoms with Gasteiger partial charge in [0, 0.05) is 31.6 Å². The van der Waals surface area contributed by atoms with Gasteiger partial charge < -0.3 is 14.6 Å². The molecule has 1 aliphatic rings. The Hall–Kier alpha value is -4.15. The van der Waals surface area contributed by atoms with Gasteiger partial charge in [0.1, 0.15) is 0 Å². The quantitative estimate of drug-likeness (QED) is 0.152. The number of ether oxygens (including phenoxy) is 2. The maximum Gasteiger partial charge on any atom is 0.240 e. The maximum atomic E-state index is 12.9. The van der Waals surface area contributed by atoms with Crippen molar-refractivity contribution in [2.75, 3.05) is 13.6 Å². The molecule has 8 heteroatoms. The maximum absolute atomic E-state index is 12.9. The van der Waals surface area contributed by atoms with Crippen LogP contribution in [0.4, 0.5) is 0 Å². The van der Waals surface area contributed by atoms with Crippen molar-refractivity contribution in [2.24, 2.45) is 0 Å². The van der Waals surface area contributed by atoms with E-state index in [-0.39, 0.29) is 30.3 Å². The number of rotatable bonds is 12. The summed E-state index contributed by atoms with van der Waals surface area (Å²) in [5.41, 5.74) is 6.85. The van der Waals surface area contributed by atoms with E-state index in [1.807, 2.05) is 78.9 Å². The van der Waals surface area contributed by atoms with Gasteiger partial charge in [0.2, 0.25) is 10.0 Å². The van der Waals surface area contributed by atoms with E-state index < -0.39 is 16.3 Å². The van der Waals surface area contributed by atoms with Crippen molar-refractivity contribution in [3.05, 3.63) is 161 Å². The zero-order valence-electron chi connectivity index (χ0n) is 26.4. The van der Waals surface area contributed by atoms with Gasteiger partial charge in [-0.15, -0.1) is 0 Å². The van der Waals surface area contributed by atoms with Crippen LogP contribution in [0.3, 0.4) is 0 Å². The van der Waals surface area contributed by atoms with Crippen molar-refractivity contribution < 1.29 is 23.0 Å². The number of hydrogen-bond acceptors (Lipinski definition) is 6. The smallest absolute Gasteiger partial charge is 0.240 e. The minimum atomic E-state index is -3.64. The van der Waals surface area contributed by atoms with E-state index in [1.165, 1.54) is 5.56 Å². The SMILES string of the molecule is CN(Cc1ccccc1)C[C@@H]1C[C@H](c2ccc(CO)cc2)O[C@H](c2ccc(-c3ccccc3CNS(=O)(=O)c3ccccc3)cc2)O1. The summed E-state index contributed by atoms with van der Waals surface area (Å²) in [6.07, 6.45) is -0.0978. The molecule has 0 aliphatic carbocycles. The van der Waals surface area contributed by atoms with Crippen molar-refractivity contribution in [3.63, 3.8) is 0 Å². The van der Waals surface area contributed by atoms with Gasteiger partial charge in [-0.05, 0) is 52.6 Å². The first-order valence-corrected chi connectivity index (χ1v) is 17.3. The van der Waals surface area contributed by atoms with Crippen molar-refractivity contribution in [3.8, 4) is 11.1 Å². The van der Waals surface area contributed by atoms with Crippen molar-refractivity contribution in [1.29, 1.82) is 0 Å². The molecular weight excluding hydrogens is 609 g/mol. The Bertz CT molecular complexity index is 1830. The molecule has 1 fully saturated rings. The molecule has 0 amide bonds. The molecule has 0 saturated carbocycles. The third-order valence-electron chi connectivity index (χ3n) is 8.44. The molecule has 1 saturated heterocycles. The number of aliphatic hydroxyl groups is 1. The molecular formula is C39H40N2O5S. The Morgan fingerprint density at radius 3 is 2.09 bits per heavy atom. The lowest BCUT2D eigenvalue weighted by atomic mass is 9.97. The van der Waals surface area contributed by atoms with Crippen LogP contribution in [-0.4, -0.2) is 38.1 Å². The predicted molar refractivity (Wildman–Crippen MR) is 184 cm³/mol. The molecule has 1 heterocycles. The molecule has 5 aromatic rings. The molecule has 7 nitrogen and oxygen atoms in total. The van der Waals surface area contributed by atoms with E-state index >= 15 is 0 Å². The van der Waals surface area contributed by atoms with Crippen LogP contribution in [0.25, 0.3) is 11.1 Å².